The number of allylic oxidation sites excluding steroid dienone is 2. The van der Waals surface area contributed by atoms with Crippen LogP contribution in [0.25, 0.3) is 65.5 Å². The maximum Gasteiger partial charge on any atom is 0.123 e. The van der Waals surface area contributed by atoms with Crippen LogP contribution in [0.1, 0.15) is 81.5 Å². The maximum atomic E-state index is 14.5. The second kappa shape index (κ2) is 14.5. The molecule has 3 aromatic heterocycles. The molecule has 4 heterocycles. The summed E-state index contributed by atoms with van der Waals surface area (Å²) in [5.41, 5.74) is 17.3. The van der Waals surface area contributed by atoms with Crippen LogP contribution in [0.2, 0.25) is 0 Å². The van der Waals surface area contributed by atoms with Crippen molar-refractivity contribution in [3.05, 3.63) is 192 Å². The van der Waals surface area contributed by atoms with Gasteiger partial charge in [0.2, 0.25) is 0 Å². The smallest absolute Gasteiger partial charge is 0.123 e. The molecule has 0 N–H and O–H groups in total. The van der Waals surface area contributed by atoms with Crippen molar-refractivity contribution >= 4 is 99.6 Å². The predicted molar refractivity (Wildman–Crippen MR) is 272 cm³/mol. The Morgan fingerprint density at radius 3 is 1.62 bits per heavy atom. The number of halogens is 2. The molecule has 2 aliphatic rings. The topological polar surface area (TPSA) is 15.8 Å². The molecule has 0 amide bonds. The molecule has 1 aliphatic carbocycles. The van der Waals surface area contributed by atoms with E-state index in [1.165, 1.54) is 76.6 Å². The standard InChI is InChI=1S/C60H48F2N4/c1-35(2)37-13-21-41(22-14-37)63(43-25-17-39(61)18-26-43)53-31-29-45-49-33-56-50(34-55(49)65-51-11-7-5-9-47(51)57(53)59(45)65)46-30-32-54(58-48-10-6-8-12-52(48)66(56)60(46)58)64(44-27-19-40(62)20-28-44)42-23-15-38(16-24-42)36(3)4/h5,7,9-11,13-36,52H,6,8,12H2,1-4H3. The van der Waals surface area contributed by atoms with Crippen molar-refractivity contribution in [2.45, 2.75) is 64.8 Å². The second-order valence-corrected chi connectivity index (χ2v) is 19.0. The van der Waals surface area contributed by atoms with Crippen LogP contribution in [-0.2, 0) is 0 Å². The first-order valence-corrected chi connectivity index (χ1v) is 23.5. The summed E-state index contributed by atoms with van der Waals surface area (Å²) in [6.45, 7) is 8.88. The van der Waals surface area contributed by atoms with Gasteiger partial charge in [-0.1, -0.05) is 88.4 Å². The Kier molecular flexibility index (Phi) is 8.58. The molecule has 322 valence electrons. The lowest BCUT2D eigenvalue weighted by molar-refractivity contribution is 0.570. The number of hydrogen-bond acceptors (Lipinski definition) is 2. The summed E-state index contributed by atoms with van der Waals surface area (Å²) in [7, 11) is 0. The Balaban J connectivity index is 1.07. The zero-order chi connectivity index (χ0) is 44.5. The normalized spacial score (nSPS) is 14.8. The first-order chi connectivity index (χ1) is 32.2. The lowest BCUT2D eigenvalue weighted by atomic mass is 9.89. The van der Waals surface area contributed by atoms with E-state index in [2.05, 4.69) is 162 Å². The SMILES string of the molecule is CC(C)c1ccc(N(c2ccc(F)cc2)c2ccc3c4cc5c(cc4n4c3c2C2=CCCCC24)c2ccc(N(c3ccc(F)cc3)c3ccc(C(C)C)cc3)c3c4ccccc4n5c23)cc1. The van der Waals surface area contributed by atoms with Gasteiger partial charge in [-0.25, -0.2) is 8.78 Å². The molecule has 1 aliphatic heterocycles. The number of anilines is 6. The second-order valence-electron chi connectivity index (χ2n) is 19.0. The number of benzene rings is 8. The Morgan fingerprint density at radius 2 is 1.02 bits per heavy atom. The summed E-state index contributed by atoms with van der Waals surface area (Å²) in [4.78, 5) is 4.61. The highest BCUT2D eigenvalue weighted by Crippen LogP contribution is 2.56. The molecule has 1 atom stereocenters. The van der Waals surface area contributed by atoms with E-state index >= 15 is 0 Å². The van der Waals surface area contributed by atoms with Crippen LogP contribution >= 0.6 is 0 Å². The van der Waals surface area contributed by atoms with Crippen molar-refractivity contribution in [1.82, 2.24) is 8.97 Å². The monoisotopic (exact) mass is 862 g/mol. The van der Waals surface area contributed by atoms with E-state index < -0.39 is 0 Å². The Morgan fingerprint density at radius 1 is 0.500 bits per heavy atom. The van der Waals surface area contributed by atoms with Gasteiger partial charge in [0, 0.05) is 60.6 Å². The van der Waals surface area contributed by atoms with Crippen LogP contribution in [-0.4, -0.2) is 8.97 Å². The fourth-order valence-electron chi connectivity index (χ4n) is 11.5. The number of para-hydroxylation sites is 1. The summed E-state index contributed by atoms with van der Waals surface area (Å²) < 4.78 is 34.2. The largest absolute Gasteiger partial charge is 0.332 e. The lowest BCUT2D eigenvalue weighted by Crippen LogP contribution is -2.13. The minimum absolute atomic E-state index is 0.209. The zero-order valence-electron chi connectivity index (χ0n) is 37.5. The molecule has 0 saturated heterocycles. The molecule has 0 radical (unpaired) electrons. The van der Waals surface area contributed by atoms with Crippen molar-refractivity contribution in [1.29, 1.82) is 0 Å². The van der Waals surface area contributed by atoms with Gasteiger partial charge < -0.3 is 18.8 Å². The summed E-state index contributed by atoms with van der Waals surface area (Å²) in [5.74, 6) is 0.315. The molecule has 0 saturated carbocycles. The molecule has 6 heteroatoms. The molecular formula is C60H48F2N4. The number of fused-ring (bicyclic) bond motifs is 12. The van der Waals surface area contributed by atoms with E-state index in [-0.39, 0.29) is 17.7 Å². The van der Waals surface area contributed by atoms with E-state index in [1.807, 2.05) is 24.3 Å². The van der Waals surface area contributed by atoms with Crippen molar-refractivity contribution in [3.63, 3.8) is 0 Å². The molecule has 0 spiro atoms. The van der Waals surface area contributed by atoms with Gasteiger partial charge in [0.15, 0.2) is 0 Å². The Hall–Kier alpha value is -7.44. The molecule has 11 aromatic rings. The predicted octanol–water partition coefficient (Wildman–Crippen LogP) is 17.5. The van der Waals surface area contributed by atoms with Crippen molar-refractivity contribution < 1.29 is 8.78 Å². The quantitative estimate of drug-likeness (QED) is 0.151. The maximum absolute atomic E-state index is 14.5. The highest BCUT2D eigenvalue weighted by molar-refractivity contribution is 6.29. The molecule has 0 bridgehead atoms. The summed E-state index contributed by atoms with van der Waals surface area (Å²) >= 11 is 0. The molecule has 66 heavy (non-hydrogen) atoms. The van der Waals surface area contributed by atoms with Crippen LogP contribution in [0.3, 0.4) is 0 Å². The molecule has 4 nitrogen and oxygen atoms in total. The molecular weight excluding hydrogens is 815 g/mol. The van der Waals surface area contributed by atoms with Gasteiger partial charge in [-0.2, -0.15) is 0 Å². The van der Waals surface area contributed by atoms with Crippen molar-refractivity contribution in [2.24, 2.45) is 0 Å². The van der Waals surface area contributed by atoms with Gasteiger partial charge >= 0.3 is 0 Å². The highest BCUT2D eigenvalue weighted by Gasteiger charge is 2.37. The van der Waals surface area contributed by atoms with Crippen LogP contribution < -0.4 is 9.80 Å². The third-order valence-electron chi connectivity index (χ3n) is 14.7. The zero-order valence-corrected chi connectivity index (χ0v) is 37.5. The Labute approximate surface area is 382 Å². The van der Waals surface area contributed by atoms with Crippen LogP contribution in [0, 0.1) is 11.6 Å². The van der Waals surface area contributed by atoms with Gasteiger partial charge in [0.25, 0.3) is 0 Å². The summed E-state index contributed by atoms with van der Waals surface area (Å²) in [6.07, 6.45) is 5.72. The van der Waals surface area contributed by atoms with Crippen LogP contribution in [0.5, 0.6) is 0 Å². The van der Waals surface area contributed by atoms with E-state index in [4.69, 9.17) is 0 Å². The van der Waals surface area contributed by atoms with E-state index in [0.717, 1.165) is 58.9 Å². The summed E-state index contributed by atoms with van der Waals surface area (Å²) in [5, 5.41) is 7.27. The van der Waals surface area contributed by atoms with Crippen molar-refractivity contribution in [2.75, 3.05) is 9.80 Å². The molecule has 13 rings (SSSR count). The number of rotatable bonds is 8. The van der Waals surface area contributed by atoms with E-state index in [9.17, 15) is 8.78 Å². The third kappa shape index (κ3) is 5.60. The Bertz CT molecular complexity index is 3740. The van der Waals surface area contributed by atoms with E-state index in [0.29, 0.717) is 11.8 Å². The minimum atomic E-state index is -0.257. The number of hydrogen-bond donors (Lipinski definition) is 0. The fourth-order valence-corrected chi connectivity index (χ4v) is 11.5. The number of nitrogens with zero attached hydrogens (tertiary/aromatic N) is 4. The van der Waals surface area contributed by atoms with Gasteiger partial charge in [0.05, 0.1) is 45.0 Å². The number of aromatic nitrogens is 2. The van der Waals surface area contributed by atoms with Crippen molar-refractivity contribution in [3.8, 4) is 0 Å². The molecule has 8 aromatic carbocycles. The fraction of sp³-hybridized carbons (Fsp3) is 0.167. The highest BCUT2D eigenvalue weighted by atomic mass is 19.1. The van der Waals surface area contributed by atoms with Gasteiger partial charge in [-0.05, 0) is 151 Å². The first kappa shape index (κ1) is 39.0. The lowest BCUT2D eigenvalue weighted by Gasteiger charge is -2.29. The van der Waals surface area contributed by atoms with Crippen LogP contribution in [0.4, 0.5) is 42.9 Å². The summed E-state index contributed by atoms with van der Waals surface area (Å²) in [6, 6.07) is 54.6. The average molecular weight is 863 g/mol. The average Bonchev–Trinajstić information content (AvgIpc) is 4.07. The van der Waals surface area contributed by atoms with Crippen LogP contribution in [0.15, 0.2) is 164 Å². The minimum Gasteiger partial charge on any atom is -0.332 e. The van der Waals surface area contributed by atoms with Gasteiger partial charge in [0.1, 0.15) is 11.6 Å². The van der Waals surface area contributed by atoms with Gasteiger partial charge in [-0.15, -0.1) is 0 Å². The van der Waals surface area contributed by atoms with Gasteiger partial charge in [-0.3, -0.25) is 0 Å². The third-order valence-corrected chi connectivity index (χ3v) is 14.7. The first-order valence-electron chi connectivity index (χ1n) is 23.5. The molecule has 0 fully saturated rings. The van der Waals surface area contributed by atoms with E-state index in [1.54, 1.807) is 24.3 Å². The molecule has 1 unspecified atom stereocenters.